The molecule has 0 bridgehead atoms. The molecule has 118 valence electrons. The topological polar surface area (TPSA) is 49.7 Å². The highest BCUT2D eigenvalue weighted by atomic mass is 32.1. The van der Waals surface area contributed by atoms with Gasteiger partial charge in [-0.05, 0) is 27.7 Å². The van der Waals surface area contributed by atoms with E-state index >= 15 is 0 Å². The molecular weight excluding hydrogens is 308 g/mol. The molecule has 1 aliphatic heterocycles. The van der Waals surface area contributed by atoms with Gasteiger partial charge in [0.05, 0.1) is 23.2 Å². The highest BCUT2D eigenvalue weighted by Gasteiger charge is 2.44. The van der Waals surface area contributed by atoms with Crippen LogP contribution in [-0.4, -0.2) is 64.5 Å². The average Bonchev–Trinajstić information content (AvgIpc) is 2.88. The van der Waals surface area contributed by atoms with Crippen molar-refractivity contribution in [3.63, 3.8) is 0 Å². The Hall–Kier alpha value is -0.960. The zero-order chi connectivity index (χ0) is 16.2. The van der Waals surface area contributed by atoms with Crippen LogP contribution in [0.4, 0.5) is 0 Å². The second-order valence-corrected chi connectivity index (χ2v) is 5.95. The van der Waals surface area contributed by atoms with E-state index in [1.54, 1.807) is 38.0 Å². The molecule has 0 aromatic heterocycles. The molecule has 21 heavy (non-hydrogen) atoms. The van der Waals surface area contributed by atoms with E-state index in [0.717, 1.165) is 0 Å². The summed E-state index contributed by atoms with van der Waals surface area (Å²) in [6, 6.07) is 0. The van der Waals surface area contributed by atoms with Gasteiger partial charge in [0, 0.05) is 14.1 Å². The van der Waals surface area contributed by atoms with E-state index in [0.29, 0.717) is 34.6 Å². The van der Waals surface area contributed by atoms with Gasteiger partial charge in [0.1, 0.15) is 11.4 Å². The highest BCUT2D eigenvalue weighted by molar-refractivity contribution is 7.80. The summed E-state index contributed by atoms with van der Waals surface area (Å²) >= 11 is 10.2. The van der Waals surface area contributed by atoms with E-state index in [1.807, 2.05) is 13.8 Å². The smallest absolute Gasteiger partial charge is 0.252 e. The molecule has 0 atom stereocenters. The van der Waals surface area contributed by atoms with E-state index in [-0.39, 0.29) is 0 Å². The summed E-state index contributed by atoms with van der Waals surface area (Å²) in [6.07, 6.45) is 0. The van der Waals surface area contributed by atoms with Crippen LogP contribution in [0.1, 0.15) is 27.7 Å². The third-order valence-corrected chi connectivity index (χ3v) is 3.69. The first-order chi connectivity index (χ1) is 9.70. The van der Waals surface area contributed by atoms with E-state index in [9.17, 15) is 0 Å². The molecule has 0 radical (unpaired) electrons. The molecule has 0 aromatic carbocycles. The molecule has 0 aliphatic carbocycles. The van der Waals surface area contributed by atoms with Gasteiger partial charge < -0.3 is 9.47 Å². The zero-order valence-corrected chi connectivity index (χ0v) is 15.0. The first-order valence-electron chi connectivity index (χ1n) is 6.58. The molecular formula is C13H22N4O2S2. The monoisotopic (exact) mass is 330 g/mol. The van der Waals surface area contributed by atoms with Crippen LogP contribution in [0.5, 0.6) is 0 Å². The molecule has 0 aromatic rings. The van der Waals surface area contributed by atoms with Crippen molar-refractivity contribution in [2.24, 2.45) is 10.2 Å². The SMILES string of the molecule is CC(=S)N(C)/N=C(\C)C1(/C(C)=N/N(C)C(C)=S)OCCO1. The van der Waals surface area contributed by atoms with Crippen LogP contribution < -0.4 is 0 Å². The van der Waals surface area contributed by atoms with Crippen molar-refractivity contribution >= 4 is 45.8 Å². The average molecular weight is 330 g/mol. The minimum atomic E-state index is -1.06. The van der Waals surface area contributed by atoms with Crippen LogP contribution in [0.15, 0.2) is 10.2 Å². The summed E-state index contributed by atoms with van der Waals surface area (Å²) in [6.45, 7) is 8.26. The first-order valence-corrected chi connectivity index (χ1v) is 7.40. The predicted octanol–water partition coefficient (Wildman–Crippen LogP) is 2.04. The Morgan fingerprint density at radius 3 is 1.48 bits per heavy atom. The summed E-state index contributed by atoms with van der Waals surface area (Å²) in [5.41, 5.74) is 1.28. The number of ether oxygens (including phenoxy) is 2. The lowest BCUT2D eigenvalue weighted by Crippen LogP contribution is -2.47. The standard InChI is InChI=1S/C13H22N4O2S2/c1-9(14-16(5)11(3)20)13(18-7-8-19-13)10(2)15-17(6)12(4)21/h7-8H2,1-6H3/b14-9+,15-10+. The lowest BCUT2D eigenvalue weighted by atomic mass is 10.1. The van der Waals surface area contributed by atoms with E-state index in [4.69, 9.17) is 33.9 Å². The Labute approximate surface area is 136 Å². The van der Waals surface area contributed by atoms with Gasteiger partial charge in [-0.2, -0.15) is 10.2 Å². The van der Waals surface area contributed by atoms with Crippen LogP contribution in [0.2, 0.25) is 0 Å². The Morgan fingerprint density at radius 2 is 1.19 bits per heavy atom. The molecule has 0 amide bonds. The number of hydrogen-bond donors (Lipinski definition) is 0. The molecule has 1 rings (SSSR count). The van der Waals surface area contributed by atoms with Gasteiger partial charge in [0.25, 0.3) is 5.79 Å². The fourth-order valence-corrected chi connectivity index (χ4v) is 1.90. The van der Waals surface area contributed by atoms with Crippen LogP contribution in [0.3, 0.4) is 0 Å². The Balaban J connectivity index is 3.14. The number of nitrogens with zero attached hydrogens (tertiary/aromatic N) is 4. The number of hydrazone groups is 2. The van der Waals surface area contributed by atoms with Crippen LogP contribution in [0, 0.1) is 0 Å². The maximum atomic E-state index is 5.80. The lowest BCUT2D eigenvalue weighted by Gasteiger charge is -2.29. The largest absolute Gasteiger partial charge is 0.338 e. The zero-order valence-electron chi connectivity index (χ0n) is 13.3. The van der Waals surface area contributed by atoms with Crippen molar-refractivity contribution < 1.29 is 9.47 Å². The Morgan fingerprint density at radius 1 is 0.857 bits per heavy atom. The molecule has 6 nitrogen and oxygen atoms in total. The van der Waals surface area contributed by atoms with E-state index in [1.165, 1.54) is 0 Å². The molecule has 0 unspecified atom stereocenters. The number of hydrogen-bond acceptors (Lipinski definition) is 6. The van der Waals surface area contributed by atoms with Crippen molar-refractivity contribution in [1.29, 1.82) is 0 Å². The van der Waals surface area contributed by atoms with Crippen molar-refractivity contribution in [2.45, 2.75) is 33.5 Å². The van der Waals surface area contributed by atoms with Crippen molar-refractivity contribution in [1.82, 2.24) is 10.0 Å². The molecule has 8 heteroatoms. The van der Waals surface area contributed by atoms with Gasteiger partial charge in [-0.25, -0.2) is 0 Å². The molecule has 1 fully saturated rings. The second-order valence-electron chi connectivity index (χ2n) is 4.77. The molecule has 1 saturated heterocycles. The van der Waals surface area contributed by atoms with E-state index in [2.05, 4.69) is 10.2 Å². The van der Waals surface area contributed by atoms with Gasteiger partial charge in [-0.1, -0.05) is 24.4 Å². The summed E-state index contributed by atoms with van der Waals surface area (Å²) in [7, 11) is 3.57. The minimum absolute atomic E-state index is 0.486. The van der Waals surface area contributed by atoms with Crippen molar-refractivity contribution in [3.05, 3.63) is 0 Å². The first kappa shape index (κ1) is 18.1. The third kappa shape index (κ3) is 4.26. The summed E-state index contributed by atoms with van der Waals surface area (Å²) in [5.74, 6) is -1.06. The Kier molecular flexibility index (Phi) is 6.33. The summed E-state index contributed by atoms with van der Waals surface area (Å²) < 4.78 is 11.6. The van der Waals surface area contributed by atoms with Crippen molar-refractivity contribution in [3.8, 4) is 0 Å². The van der Waals surface area contributed by atoms with Crippen LogP contribution >= 0.6 is 24.4 Å². The van der Waals surface area contributed by atoms with Gasteiger partial charge in [0.15, 0.2) is 0 Å². The highest BCUT2D eigenvalue weighted by Crippen LogP contribution is 2.24. The summed E-state index contributed by atoms with van der Waals surface area (Å²) in [5, 5.41) is 12.1. The van der Waals surface area contributed by atoms with Gasteiger partial charge in [0.2, 0.25) is 0 Å². The molecule has 0 saturated carbocycles. The summed E-state index contributed by atoms with van der Waals surface area (Å²) in [4.78, 5) is 1.31. The van der Waals surface area contributed by atoms with Crippen LogP contribution in [-0.2, 0) is 9.47 Å². The van der Waals surface area contributed by atoms with Gasteiger partial charge in [-0.15, -0.1) is 0 Å². The Bertz CT molecular complexity index is 447. The third-order valence-electron chi connectivity index (χ3n) is 3.16. The number of thiocarbonyl (C=S) groups is 2. The maximum absolute atomic E-state index is 5.80. The normalized spacial score (nSPS) is 18.6. The predicted molar refractivity (Wildman–Crippen MR) is 92.9 cm³/mol. The van der Waals surface area contributed by atoms with Crippen LogP contribution in [0.25, 0.3) is 0 Å². The van der Waals surface area contributed by atoms with E-state index < -0.39 is 5.79 Å². The van der Waals surface area contributed by atoms with Gasteiger partial charge in [-0.3, -0.25) is 10.0 Å². The molecule has 0 N–H and O–H groups in total. The molecule has 1 heterocycles. The maximum Gasteiger partial charge on any atom is 0.252 e. The molecule has 1 aliphatic rings. The van der Waals surface area contributed by atoms with Crippen molar-refractivity contribution in [2.75, 3.05) is 27.3 Å². The molecule has 0 spiro atoms. The fraction of sp³-hybridized carbons (Fsp3) is 0.692. The quantitative estimate of drug-likeness (QED) is 0.447. The number of rotatable bonds is 4. The lowest BCUT2D eigenvalue weighted by molar-refractivity contribution is -0.0415. The fourth-order valence-electron chi connectivity index (χ4n) is 1.81. The van der Waals surface area contributed by atoms with Gasteiger partial charge >= 0.3 is 0 Å². The minimum Gasteiger partial charge on any atom is -0.338 e. The second kappa shape index (κ2) is 7.35.